The summed E-state index contributed by atoms with van der Waals surface area (Å²) in [6.07, 6.45) is 0.219. The van der Waals surface area contributed by atoms with Gasteiger partial charge in [-0.1, -0.05) is 41.9 Å². The predicted octanol–water partition coefficient (Wildman–Crippen LogP) is 5.82. The van der Waals surface area contributed by atoms with Crippen LogP contribution in [0, 0.1) is 0 Å². The number of imidazole rings is 1. The lowest BCUT2D eigenvalue weighted by Gasteiger charge is -2.16. The van der Waals surface area contributed by atoms with E-state index < -0.39 is 12.1 Å². The Morgan fingerprint density at radius 1 is 1.06 bits per heavy atom. The van der Waals surface area contributed by atoms with Crippen molar-refractivity contribution in [3.63, 3.8) is 0 Å². The second-order valence-corrected chi connectivity index (χ2v) is 8.37. The SMILES string of the molecule is CC(OC(=O)c1ccc2c(c1)OCCCO2)c1nc2cc(Cl)ccc2n1Cc1ccccc1. The summed E-state index contributed by atoms with van der Waals surface area (Å²) in [5.74, 6) is 1.40. The van der Waals surface area contributed by atoms with Gasteiger partial charge in [0.2, 0.25) is 0 Å². The summed E-state index contributed by atoms with van der Waals surface area (Å²) in [4.78, 5) is 17.7. The van der Waals surface area contributed by atoms with Crippen molar-refractivity contribution in [3.05, 3.63) is 88.7 Å². The van der Waals surface area contributed by atoms with Crippen molar-refractivity contribution >= 4 is 28.6 Å². The van der Waals surface area contributed by atoms with Crippen LogP contribution in [0.3, 0.4) is 0 Å². The minimum Gasteiger partial charge on any atom is -0.490 e. The van der Waals surface area contributed by atoms with Gasteiger partial charge in [-0.05, 0) is 48.9 Å². The zero-order valence-electron chi connectivity index (χ0n) is 18.2. The van der Waals surface area contributed by atoms with Crippen molar-refractivity contribution in [2.45, 2.75) is 26.0 Å². The Morgan fingerprint density at radius 2 is 1.85 bits per heavy atom. The van der Waals surface area contributed by atoms with Gasteiger partial charge >= 0.3 is 5.97 Å². The highest BCUT2D eigenvalue weighted by Crippen LogP contribution is 2.32. The van der Waals surface area contributed by atoms with Gasteiger partial charge in [-0.3, -0.25) is 0 Å². The van der Waals surface area contributed by atoms with E-state index in [4.69, 9.17) is 30.8 Å². The first-order valence-corrected chi connectivity index (χ1v) is 11.3. The zero-order valence-corrected chi connectivity index (χ0v) is 18.9. The third-order valence-electron chi connectivity index (χ3n) is 5.55. The van der Waals surface area contributed by atoms with Crippen molar-refractivity contribution in [2.24, 2.45) is 0 Å². The fourth-order valence-electron chi connectivity index (χ4n) is 3.94. The van der Waals surface area contributed by atoms with E-state index in [1.54, 1.807) is 18.2 Å². The molecule has 0 amide bonds. The fourth-order valence-corrected chi connectivity index (χ4v) is 4.10. The number of carbonyl (C=O) groups excluding carboxylic acids is 1. The maximum atomic E-state index is 13.0. The second kappa shape index (κ2) is 9.16. The van der Waals surface area contributed by atoms with Crippen LogP contribution >= 0.6 is 11.6 Å². The van der Waals surface area contributed by atoms with Gasteiger partial charge in [0.1, 0.15) is 0 Å². The normalized spacial score (nSPS) is 14.0. The monoisotopic (exact) mass is 462 g/mol. The van der Waals surface area contributed by atoms with Crippen molar-refractivity contribution in [3.8, 4) is 11.5 Å². The molecular weight excluding hydrogens is 440 g/mol. The maximum absolute atomic E-state index is 13.0. The Labute approximate surface area is 196 Å². The molecule has 0 N–H and O–H groups in total. The predicted molar refractivity (Wildman–Crippen MR) is 126 cm³/mol. The standard InChI is InChI=1S/C26H23ClN2O4/c1-17(33-26(30)19-8-11-23-24(14-19)32-13-5-12-31-23)25-28-21-15-20(27)9-10-22(21)29(25)16-18-6-3-2-4-7-18/h2-4,6-11,14-15,17H,5,12-13,16H2,1H3. The molecule has 0 bridgehead atoms. The van der Waals surface area contributed by atoms with E-state index in [1.807, 2.05) is 43.3 Å². The van der Waals surface area contributed by atoms with Crippen molar-refractivity contribution in [1.82, 2.24) is 9.55 Å². The van der Waals surface area contributed by atoms with Crippen LogP contribution < -0.4 is 9.47 Å². The van der Waals surface area contributed by atoms with Gasteiger partial charge in [-0.25, -0.2) is 9.78 Å². The average molecular weight is 463 g/mol. The third kappa shape index (κ3) is 4.52. The van der Waals surface area contributed by atoms with E-state index >= 15 is 0 Å². The highest BCUT2D eigenvalue weighted by Gasteiger charge is 2.22. The number of rotatable bonds is 5. The van der Waals surface area contributed by atoms with Gasteiger partial charge in [0, 0.05) is 18.0 Å². The number of esters is 1. The van der Waals surface area contributed by atoms with E-state index in [1.165, 1.54) is 0 Å². The molecular formula is C26H23ClN2O4. The highest BCUT2D eigenvalue weighted by atomic mass is 35.5. The van der Waals surface area contributed by atoms with Crippen LogP contribution in [0.25, 0.3) is 11.0 Å². The molecule has 1 atom stereocenters. The Balaban J connectivity index is 1.44. The lowest BCUT2D eigenvalue weighted by molar-refractivity contribution is 0.0314. The first-order chi connectivity index (χ1) is 16.1. The average Bonchev–Trinajstić information content (AvgIpc) is 3.00. The van der Waals surface area contributed by atoms with E-state index in [-0.39, 0.29) is 0 Å². The van der Waals surface area contributed by atoms with E-state index in [2.05, 4.69) is 16.7 Å². The van der Waals surface area contributed by atoms with Crippen LogP contribution in [-0.2, 0) is 11.3 Å². The van der Waals surface area contributed by atoms with Crippen LogP contribution in [0.1, 0.15) is 41.2 Å². The molecule has 5 rings (SSSR count). The van der Waals surface area contributed by atoms with Crippen LogP contribution in [0.5, 0.6) is 11.5 Å². The summed E-state index contributed by atoms with van der Waals surface area (Å²) in [6.45, 7) is 3.56. The summed E-state index contributed by atoms with van der Waals surface area (Å²) in [5.41, 5.74) is 3.21. The van der Waals surface area contributed by atoms with E-state index in [9.17, 15) is 4.79 Å². The second-order valence-electron chi connectivity index (χ2n) is 7.93. The Kier molecular flexibility index (Phi) is 5.92. The minimum absolute atomic E-state index is 0.403. The first kappa shape index (κ1) is 21.3. The van der Waals surface area contributed by atoms with Crippen molar-refractivity contribution in [2.75, 3.05) is 13.2 Å². The molecule has 4 aromatic rings. The molecule has 7 heteroatoms. The van der Waals surface area contributed by atoms with E-state index in [0.717, 1.165) is 23.0 Å². The van der Waals surface area contributed by atoms with Gasteiger partial charge in [0.15, 0.2) is 23.4 Å². The van der Waals surface area contributed by atoms with Crippen molar-refractivity contribution in [1.29, 1.82) is 0 Å². The van der Waals surface area contributed by atoms with Crippen LogP contribution in [-0.4, -0.2) is 28.7 Å². The molecule has 2 heterocycles. The van der Waals surface area contributed by atoms with E-state index in [0.29, 0.717) is 47.7 Å². The van der Waals surface area contributed by atoms with Crippen LogP contribution in [0.15, 0.2) is 66.7 Å². The summed E-state index contributed by atoms with van der Waals surface area (Å²) in [6, 6.07) is 20.8. The molecule has 0 aliphatic carbocycles. The largest absolute Gasteiger partial charge is 0.490 e. The van der Waals surface area contributed by atoms with Gasteiger partial charge in [0.05, 0.1) is 29.8 Å². The van der Waals surface area contributed by atoms with Gasteiger partial charge in [-0.2, -0.15) is 0 Å². The molecule has 0 fully saturated rings. The number of aromatic nitrogens is 2. The molecule has 33 heavy (non-hydrogen) atoms. The summed E-state index contributed by atoms with van der Waals surface area (Å²) in [5, 5.41) is 0.607. The minimum atomic E-state index is -0.580. The summed E-state index contributed by atoms with van der Waals surface area (Å²) < 4.78 is 19.2. The number of fused-ring (bicyclic) bond motifs is 2. The van der Waals surface area contributed by atoms with Crippen LogP contribution in [0.2, 0.25) is 5.02 Å². The van der Waals surface area contributed by atoms with Gasteiger partial charge in [-0.15, -0.1) is 0 Å². The molecule has 0 radical (unpaired) electrons. The number of carbonyl (C=O) groups is 1. The smallest absolute Gasteiger partial charge is 0.338 e. The number of hydrogen-bond acceptors (Lipinski definition) is 5. The van der Waals surface area contributed by atoms with Crippen LogP contribution in [0.4, 0.5) is 0 Å². The summed E-state index contributed by atoms with van der Waals surface area (Å²) >= 11 is 6.20. The molecule has 168 valence electrons. The lowest BCUT2D eigenvalue weighted by Crippen LogP contribution is -2.15. The zero-order chi connectivity index (χ0) is 22.8. The lowest BCUT2D eigenvalue weighted by atomic mass is 10.2. The topological polar surface area (TPSA) is 62.6 Å². The molecule has 1 aromatic heterocycles. The molecule has 0 saturated heterocycles. The Hall–Kier alpha value is -3.51. The molecule has 1 aliphatic rings. The number of hydrogen-bond donors (Lipinski definition) is 0. The van der Waals surface area contributed by atoms with Crippen molar-refractivity contribution < 1.29 is 19.0 Å². The third-order valence-corrected chi connectivity index (χ3v) is 5.79. The molecule has 0 spiro atoms. The molecule has 3 aromatic carbocycles. The molecule has 0 saturated carbocycles. The highest BCUT2D eigenvalue weighted by molar-refractivity contribution is 6.31. The molecule has 6 nitrogen and oxygen atoms in total. The quantitative estimate of drug-likeness (QED) is 0.350. The fraction of sp³-hybridized carbons (Fsp3) is 0.231. The molecule has 1 unspecified atom stereocenters. The number of halogens is 1. The number of nitrogens with zero attached hydrogens (tertiary/aromatic N) is 2. The van der Waals surface area contributed by atoms with Gasteiger partial charge < -0.3 is 18.8 Å². The molecule has 1 aliphatic heterocycles. The Bertz CT molecular complexity index is 1300. The maximum Gasteiger partial charge on any atom is 0.338 e. The number of ether oxygens (including phenoxy) is 3. The number of benzene rings is 3. The Morgan fingerprint density at radius 3 is 2.67 bits per heavy atom. The first-order valence-electron chi connectivity index (χ1n) is 10.9. The summed E-state index contributed by atoms with van der Waals surface area (Å²) in [7, 11) is 0. The van der Waals surface area contributed by atoms with Gasteiger partial charge in [0.25, 0.3) is 0 Å².